The number of methoxy groups -OCH3 is 1. The highest BCUT2D eigenvalue weighted by molar-refractivity contribution is 7.15. The minimum Gasteiger partial charge on any atom is -0.477 e. The fourth-order valence-corrected chi connectivity index (χ4v) is 7.26. The van der Waals surface area contributed by atoms with E-state index in [-0.39, 0.29) is 5.97 Å². The highest BCUT2D eigenvalue weighted by Crippen LogP contribution is 2.39. The molecule has 182 valence electrons. The Balaban J connectivity index is 0.000000186. The fourth-order valence-electron chi connectivity index (χ4n) is 4.17. The van der Waals surface area contributed by atoms with Crippen LogP contribution >= 0.6 is 45.9 Å². The summed E-state index contributed by atoms with van der Waals surface area (Å²) in [5.41, 5.74) is 0. The number of ether oxygens (including phenoxy) is 1. The van der Waals surface area contributed by atoms with Gasteiger partial charge in [0.2, 0.25) is 0 Å². The van der Waals surface area contributed by atoms with Gasteiger partial charge in [-0.15, -0.1) is 22.7 Å². The lowest BCUT2D eigenvalue weighted by Crippen LogP contribution is -2.28. The molecule has 0 bridgehead atoms. The van der Waals surface area contributed by atoms with Gasteiger partial charge in [0.25, 0.3) is 0 Å². The van der Waals surface area contributed by atoms with E-state index in [1.807, 2.05) is 0 Å². The molecule has 0 aliphatic carbocycles. The number of hydrogen-bond acceptors (Lipinski definition) is 7. The Morgan fingerprint density at radius 3 is 1.64 bits per heavy atom. The van der Waals surface area contributed by atoms with Crippen LogP contribution in [0.25, 0.3) is 0 Å². The van der Waals surface area contributed by atoms with Gasteiger partial charge in [0.05, 0.1) is 17.2 Å². The molecule has 6 nitrogen and oxygen atoms in total. The first-order valence-electron chi connectivity index (χ1n) is 11.0. The number of thiophene rings is 2. The molecule has 2 aromatic rings. The summed E-state index contributed by atoms with van der Waals surface area (Å²) in [6, 6.07) is 3.30. The van der Waals surface area contributed by atoms with Crippen LogP contribution in [-0.2, 0) is 4.74 Å². The van der Waals surface area contributed by atoms with Gasteiger partial charge in [-0.3, -0.25) is 0 Å². The van der Waals surface area contributed by atoms with Crippen LogP contribution in [0, 0.1) is 0 Å². The van der Waals surface area contributed by atoms with Crippen molar-refractivity contribution in [3.8, 4) is 0 Å². The first kappa shape index (κ1) is 26.4. The largest absolute Gasteiger partial charge is 0.477 e. The van der Waals surface area contributed by atoms with Gasteiger partial charge >= 0.3 is 11.9 Å². The molecular weight excluding hydrogens is 503 g/mol. The summed E-state index contributed by atoms with van der Waals surface area (Å²) < 4.78 is 4.71. The third kappa shape index (κ3) is 6.93. The van der Waals surface area contributed by atoms with Crippen LogP contribution in [0.1, 0.15) is 66.6 Å². The minimum atomic E-state index is -0.883. The summed E-state index contributed by atoms with van der Waals surface area (Å²) >= 11 is 15.1. The van der Waals surface area contributed by atoms with Gasteiger partial charge in [0.15, 0.2) is 0 Å². The number of carboxylic acid groups (broad SMARTS) is 1. The van der Waals surface area contributed by atoms with Crippen molar-refractivity contribution >= 4 is 57.8 Å². The zero-order valence-corrected chi connectivity index (χ0v) is 22.2. The number of carboxylic acids is 1. The molecule has 2 saturated heterocycles. The number of likely N-dealkylation sites (tertiary alicyclic amines) is 2. The van der Waals surface area contributed by atoms with E-state index < -0.39 is 5.97 Å². The number of aromatic carboxylic acids is 1. The van der Waals surface area contributed by atoms with Crippen molar-refractivity contribution in [2.45, 2.75) is 37.5 Å². The molecule has 4 rings (SSSR count). The Bertz CT molecular complexity index is 962. The molecule has 0 radical (unpaired) electrons. The van der Waals surface area contributed by atoms with Crippen molar-refractivity contribution in [3.05, 3.63) is 41.7 Å². The molecule has 1 N–H and O–H groups in total. The van der Waals surface area contributed by atoms with E-state index in [2.05, 4.69) is 23.9 Å². The predicted molar refractivity (Wildman–Crippen MR) is 136 cm³/mol. The highest BCUT2D eigenvalue weighted by Gasteiger charge is 2.25. The number of nitrogens with zero attached hydrogens (tertiary/aromatic N) is 2. The van der Waals surface area contributed by atoms with Crippen LogP contribution < -0.4 is 0 Å². The van der Waals surface area contributed by atoms with Crippen molar-refractivity contribution in [2.24, 2.45) is 0 Å². The number of carbonyl (C=O) groups is 2. The zero-order chi connectivity index (χ0) is 24.1. The van der Waals surface area contributed by atoms with Crippen LogP contribution in [0.2, 0.25) is 10.0 Å². The van der Waals surface area contributed by atoms with Gasteiger partial charge in [0, 0.05) is 9.75 Å². The molecule has 10 heteroatoms. The summed E-state index contributed by atoms with van der Waals surface area (Å²) in [6.45, 7) is 4.29. The molecule has 0 spiro atoms. The minimum absolute atomic E-state index is 0.295. The summed E-state index contributed by atoms with van der Waals surface area (Å²) in [7, 11) is 5.63. The quantitative estimate of drug-likeness (QED) is 0.493. The number of rotatable bonds is 4. The van der Waals surface area contributed by atoms with Crippen molar-refractivity contribution < 1.29 is 19.4 Å². The molecule has 4 heterocycles. The van der Waals surface area contributed by atoms with E-state index in [1.54, 1.807) is 12.1 Å². The number of piperidine rings is 2. The lowest BCUT2D eigenvalue weighted by Gasteiger charge is -2.28. The van der Waals surface area contributed by atoms with Gasteiger partial charge in [0.1, 0.15) is 9.75 Å². The number of carbonyl (C=O) groups excluding carboxylic acids is 1. The topological polar surface area (TPSA) is 70.1 Å². The number of hydrogen-bond donors (Lipinski definition) is 1. The van der Waals surface area contributed by atoms with E-state index in [0.717, 1.165) is 61.6 Å². The number of esters is 1. The van der Waals surface area contributed by atoms with Crippen molar-refractivity contribution in [1.29, 1.82) is 0 Å². The van der Waals surface area contributed by atoms with E-state index >= 15 is 0 Å². The zero-order valence-electron chi connectivity index (χ0n) is 19.1. The maximum atomic E-state index is 11.4. The molecule has 2 fully saturated rings. The van der Waals surface area contributed by atoms with Crippen molar-refractivity contribution in [3.63, 3.8) is 0 Å². The van der Waals surface area contributed by atoms with E-state index in [1.165, 1.54) is 29.8 Å². The molecule has 0 amide bonds. The van der Waals surface area contributed by atoms with Crippen molar-refractivity contribution in [1.82, 2.24) is 9.80 Å². The predicted octanol–water partition coefficient (Wildman–Crippen LogP) is 5.91. The van der Waals surface area contributed by atoms with Gasteiger partial charge < -0.3 is 19.6 Å². The van der Waals surface area contributed by atoms with Gasteiger partial charge in [-0.25, -0.2) is 9.59 Å². The van der Waals surface area contributed by atoms with E-state index in [9.17, 15) is 9.59 Å². The maximum Gasteiger partial charge on any atom is 0.348 e. The number of halogens is 2. The molecule has 0 unspecified atom stereocenters. The standard InChI is InChI=1S/C12H16ClNO2S.C11H14ClNO2S/c1-14-5-3-8(4-6-14)11-9(13)7-10(17-11)12(15)16-2;1-13-4-2-7(3-5-13)10-8(12)6-9(16-10)11(14)15/h7-8H,3-6H2,1-2H3;6-7H,2-5H2,1H3,(H,14,15). The van der Waals surface area contributed by atoms with Gasteiger partial charge in [-0.05, 0) is 89.9 Å². The molecule has 0 aromatic carbocycles. The third-order valence-corrected chi connectivity index (χ3v) is 9.61. The Morgan fingerprint density at radius 2 is 1.27 bits per heavy atom. The SMILES string of the molecule is CN1CCC(c2sc(C(=O)O)cc2Cl)CC1.COC(=O)c1cc(Cl)c(C2CCN(C)CC2)s1. The van der Waals surface area contributed by atoms with Crippen molar-refractivity contribution in [2.75, 3.05) is 47.4 Å². The normalized spacial score (nSPS) is 18.6. The summed E-state index contributed by atoms with van der Waals surface area (Å²) in [6.07, 6.45) is 4.35. The summed E-state index contributed by atoms with van der Waals surface area (Å²) in [5, 5.41) is 10.2. The molecule has 2 aromatic heterocycles. The second-order valence-corrected chi connectivity index (χ2v) is 11.6. The third-order valence-electron chi connectivity index (χ3n) is 6.20. The first-order valence-corrected chi connectivity index (χ1v) is 13.4. The highest BCUT2D eigenvalue weighted by atomic mass is 35.5. The second-order valence-electron chi connectivity index (χ2n) is 8.60. The maximum absolute atomic E-state index is 11.4. The average molecular weight is 534 g/mol. The van der Waals surface area contributed by atoms with Gasteiger partial charge in [-0.2, -0.15) is 0 Å². The summed E-state index contributed by atoms with van der Waals surface area (Å²) in [4.78, 5) is 30.0. The van der Waals surface area contributed by atoms with E-state index in [0.29, 0.717) is 31.6 Å². The molecule has 0 atom stereocenters. The Labute approximate surface area is 213 Å². The van der Waals surface area contributed by atoms with Crippen LogP contribution in [-0.4, -0.2) is 74.2 Å². The van der Waals surface area contributed by atoms with Crippen LogP contribution in [0.5, 0.6) is 0 Å². The lowest BCUT2D eigenvalue weighted by atomic mass is 9.95. The monoisotopic (exact) mass is 532 g/mol. The Kier molecular flexibility index (Phi) is 9.62. The molecule has 33 heavy (non-hydrogen) atoms. The lowest BCUT2D eigenvalue weighted by molar-refractivity contribution is 0.0605. The van der Waals surface area contributed by atoms with Crippen LogP contribution in [0.15, 0.2) is 12.1 Å². The fraction of sp³-hybridized carbons (Fsp3) is 0.565. The Morgan fingerprint density at radius 1 is 0.879 bits per heavy atom. The molecule has 2 aliphatic rings. The average Bonchev–Trinajstić information content (AvgIpc) is 3.38. The van der Waals surface area contributed by atoms with Crippen LogP contribution in [0.4, 0.5) is 0 Å². The first-order chi connectivity index (χ1) is 15.7. The smallest absolute Gasteiger partial charge is 0.348 e. The molecular formula is C23H30Cl2N2O4S2. The molecule has 0 saturated carbocycles. The summed E-state index contributed by atoms with van der Waals surface area (Å²) in [5.74, 6) is -0.258. The second kappa shape index (κ2) is 12.0. The Hall–Kier alpha value is -1.16. The van der Waals surface area contributed by atoms with Gasteiger partial charge in [-0.1, -0.05) is 23.2 Å². The van der Waals surface area contributed by atoms with Crippen LogP contribution in [0.3, 0.4) is 0 Å². The van der Waals surface area contributed by atoms with E-state index in [4.69, 9.17) is 33.0 Å². The molecule has 2 aliphatic heterocycles.